The Morgan fingerprint density at radius 3 is 3.24 bits per heavy atom. The first-order valence-electron chi connectivity index (χ1n) is 5.44. The van der Waals surface area contributed by atoms with Crippen LogP contribution in [0.15, 0.2) is 18.3 Å². The van der Waals surface area contributed by atoms with E-state index in [2.05, 4.69) is 4.98 Å². The summed E-state index contributed by atoms with van der Waals surface area (Å²) in [6.07, 6.45) is 1.13. The van der Waals surface area contributed by atoms with Crippen molar-refractivity contribution in [3.63, 3.8) is 0 Å². The molecule has 5 nitrogen and oxygen atoms in total. The summed E-state index contributed by atoms with van der Waals surface area (Å²) in [7, 11) is 0. The fourth-order valence-electron chi connectivity index (χ4n) is 1.79. The molecule has 2 heterocycles. The molecule has 1 amide bonds. The number of pyridine rings is 1. The highest BCUT2D eigenvalue weighted by atomic mass is 16.5. The monoisotopic (exact) mass is 231 g/mol. The number of hydrogen-bond donors (Lipinski definition) is 0. The number of amides is 1. The van der Waals surface area contributed by atoms with E-state index < -0.39 is 6.10 Å². The molecule has 1 atom stereocenters. The van der Waals surface area contributed by atoms with Crippen LogP contribution in [-0.4, -0.2) is 41.6 Å². The zero-order valence-corrected chi connectivity index (χ0v) is 9.59. The third-order valence-corrected chi connectivity index (χ3v) is 2.73. The molecule has 1 fully saturated rings. The van der Waals surface area contributed by atoms with Crippen LogP contribution in [0.4, 0.5) is 0 Å². The molecule has 1 aliphatic rings. The molecule has 0 aromatic carbocycles. The highest BCUT2D eigenvalue weighted by Crippen LogP contribution is 2.12. The summed E-state index contributed by atoms with van der Waals surface area (Å²) < 4.78 is 5.20. The topological polar surface area (TPSA) is 66.2 Å². The first-order chi connectivity index (χ1) is 8.22. The molecule has 0 radical (unpaired) electrons. The molecule has 0 bridgehead atoms. The average molecular weight is 231 g/mol. The maximum Gasteiger partial charge on any atom is 0.255 e. The van der Waals surface area contributed by atoms with Gasteiger partial charge in [-0.15, -0.1) is 0 Å². The van der Waals surface area contributed by atoms with Crippen molar-refractivity contribution in [2.24, 2.45) is 0 Å². The number of rotatable bonds is 1. The van der Waals surface area contributed by atoms with Gasteiger partial charge in [0.15, 0.2) is 6.10 Å². The first kappa shape index (κ1) is 11.6. The van der Waals surface area contributed by atoms with E-state index in [4.69, 9.17) is 10.00 Å². The summed E-state index contributed by atoms with van der Waals surface area (Å²) in [4.78, 5) is 17.9. The van der Waals surface area contributed by atoms with Gasteiger partial charge in [-0.25, -0.2) is 0 Å². The summed E-state index contributed by atoms with van der Waals surface area (Å²) in [5.74, 6) is -0.0841. The Kier molecular flexibility index (Phi) is 3.35. The quantitative estimate of drug-likeness (QED) is 0.715. The zero-order valence-electron chi connectivity index (χ0n) is 9.59. The van der Waals surface area contributed by atoms with Crippen LogP contribution >= 0.6 is 0 Å². The number of aryl methyl sites for hydroxylation is 1. The van der Waals surface area contributed by atoms with E-state index in [1.54, 1.807) is 30.2 Å². The summed E-state index contributed by atoms with van der Waals surface area (Å²) in [6, 6.07) is 5.51. The number of carbonyl (C=O) groups excluding carboxylic acids is 1. The van der Waals surface area contributed by atoms with E-state index in [-0.39, 0.29) is 5.91 Å². The molecule has 2 rings (SSSR count). The van der Waals surface area contributed by atoms with Crippen molar-refractivity contribution in [3.05, 3.63) is 29.6 Å². The summed E-state index contributed by atoms with van der Waals surface area (Å²) in [6.45, 7) is 3.05. The van der Waals surface area contributed by atoms with Crippen molar-refractivity contribution in [3.8, 4) is 6.07 Å². The molecule has 88 valence electrons. The van der Waals surface area contributed by atoms with Gasteiger partial charge in [0.05, 0.1) is 24.8 Å². The molecule has 1 aliphatic heterocycles. The van der Waals surface area contributed by atoms with Gasteiger partial charge >= 0.3 is 0 Å². The molecular formula is C12H13N3O2. The SMILES string of the molecule is Cc1ncccc1C(=O)N1CCOC(C#N)C1. The number of aromatic nitrogens is 1. The molecule has 0 N–H and O–H groups in total. The highest BCUT2D eigenvalue weighted by molar-refractivity contribution is 5.95. The van der Waals surface area contributed by atoms with E-state index in [1.807, 2.05) is 6.07 Å². The molecule has 17 heavy (non-hydrogen) atoms. The Labute approximate surface area is 99.6 Å². The van der Waals surface area contributed by atoms with Gasteiger partial charge in [0.2, 0.25) is 0 Å². The van der Waals surface area contributed by atoms with Gasteiger partial charge in [-0.05, 0) is 19.1 Å². The van der Waals surface area contributed by atoms with Crippen LogP contribution in [0.3, 0.4) is 0 Å². The van der Waals surface area contributed by atoms with E-state index in [1.165, 1.54) is 0 Å². The van der Waals surface area contributed by atoms with E-state index in [0.29, 0.717) is 31.0 Å². The zero-order chi connectivity index (χ0) is 12.3. The van der Waals surface area contributed by atoms with Crippen molar-refractivity contribution in [1.82, 2.24) is 9.88 Å². The maximum atomic E-state index is 12.2. The van der Waals surface area contributed by atoms with Gasteiger partial charge in [0.1, 0.15) is 0 Å². The Bertz CT molecular complexity index is 467. The number of morpholine rings is 1. The number of nitriles is 1. The molecule has 0 saturated carbocycles. The van der Waals surface area contributed by atoms with E-state index in [9.17, 15) is 4.79 Å². The Hall–Kier alpha value is -1.93. The predicted octanol–water partition coefficient (Wildman–Crippen LogP) is 0.755. The lowest BCUT2D eigenvalue weighted by Crippen LogP contribution is -2.45. The number of carbonyl (C=O) groups is 1. The maximum absolute atomic E-state index is 12.2. The van der Waals surface area contributed by atoms with Crippen molar-refractivity contribution >= 4 is 5.91 Å². The van der Waals surface area contributed by atoms with E-state index in [0.717, 1.165) is 0 Å². The summed E-state index contributed by atoms with van der Waals surface area (Å²) in [5, 5.41) is 8.79. The van der Waals surface area contributed by atoms with Crippen LogP contribution in [0.5, 0.6) is 0 Å². The normalized spacial score (nSPS) is 19.8. The number of hydrogen-bond acceptors (Lipinski definition) is 4. The van der Waals surface area contributed by atoms with Crippen LogP contribution in [0.2, 0.25) is 0 Å². The Balaban J connectivity index is 2.16. The Morgan fingerprint density at radius 2 is 2.53 bits per heavy atom. The predicted molar refractivity (Wildman–Crippen MR) is 60.2 cm³/mol. The molecular weight excluding hydrogens is 218 g/mol. The van der Waals surface area contributed by atoms with Gasteiger partial charge in [-0.2, -0.15) is 5.26 Å². The fraction of sp³-hybridized carbons (Fsp3) is 0.417. The van der Waals surface area contributed by atoms with Gasteiger partial charge in [0, 0.05) is 18.4 Å². The second-order valence-corrected chi connectivity index (χ2v) is 3.88. The molecule has 1 saturated heterocycles. The van der Waals surface area contributed by atoms with Crippen LogP contribution < -0.4 is 0 Å². The van der Waals surface area contributed by atoms with E-state index >= 15 is 0 Å². The molecule has 5 heteroatoms. The third-order valence-electron chi connectivity index (χ3n) is 2.73. The second kappa shape index (κ2) is 4.93. The Morgan fingerprint density at radius 1 is 1.71 bits per heavy atom. The summed E-state index contributed by atoms with van der Waals surface area (Å²) >= 11 is 0. The van der Waals surface area contributed by atoms with Crippen LogP contribution in [0.1, 0.15) is 16.1 Å². The van der Waals surface area contributed by atoms with Gasteiger partial charge in [-0.3, -0.25) is 9.78 Å². The molecule has 0 spiro atoms. The number of ether oxygens (including phenoxy) is 1. The molecule has 0 aliphatic carbocycles. The molecule has 1 aromatic rings. The largest absolute Gasteiger partial charge is 0.360 e. The van der Waals surface area contributed by atoms with Crippen LogP contribution in [0.25, 0.3) is 0 Å². The molecule has 1 aromatic heterocycles. The van der Waals surface area contributed by atoms with Gasteiger partial charge in [0.25, 0.3) is 5.91 Å². The van der Waals surface area contributed by atoms with Crippen molar-refractivity contribution in [2.75, 3.05) is 19.7 Å². The minimum Gasteiger partial charge on any atom is -0.360 e. The van der Waals surface area contributed by atoms with Crippen LogP contribution in [-0.2, 0) is 4.74 Å². The minimum absolute atomic E-state index is 0.0841. The summed E-state index contributed by atoms with van der Waals surface area (Å²) in [5.41, 5.74) is 1.29. The van der Waals surface area contributed by atoms with Crippen molar-refractivity contribution < 1.29 is 9.53 Å². The smallest absolute Gasteiger partial charge is 0.255 e. The van der Waals surface area contributed by atoms with Crippen molar-refractivity contribution in [2.45, 2.75) is 13.0 Å². The molecule has 1 unspecified atom stereocenters. The second-order valence-electron chi connectivity index (χ2n) is 3.88. The van der Waals surface area contributed by atoms with Crippen molar-refractivity contribution in [1.29, 1.82) is 5.26 Å². The fourth-order valence-corrected chi connectivity index (χ4v) is 1.79. The minimum atomic E-state index is -0.523. The standard InChI is InChI=1S/C12H13N3O2/c1-9-11(3-2-4-14-9)12(16)15-5-6-17-10(7-13)8-15/h2-4,10H,5-6,8H2,1H3. The van der Waals surface area contributed by atoms with Crippen LogP contribution in [0, 0.1) is 18.3 Å². The lowest BCUT2D eigenvalue weighted by atomic mass is 10.1. The third kappa shape index (κ3) is 2.43. The highest BCUT2D eigenvalue weighted by Gasteiger charge is 2.25. The lowest BCUT2D eigenvalue weighted by Gasteiger charge is -2.30. The average Bonchev–Trinajstić information content (AvgIpc) is 2.38. The lowest BCUT2D eigenvalue weighted by molar-refractivity contribution is 0.00341. The first-order valence-corrected chi connectivity index (χ1v) is 5.44. The number of nitrogens with zero attached hydrogens (tertiary/aromatic N) is 3. The van der Waals surface area contributed by atoms with Gasteiger partial charge in [-0.1, -0.05) is 0 Å². The van der Waals surface area contributed by atoms with Gasteiger partial charge < -0.3 is 9.64 Å².